The first-order valence-corrected chi connectivity index (χ1v) is 9.60. The van der Waals surface area contributed by atoms with Crippen molar-refractivity contribution in [3.8, 4) is 5.75 Å². The zero-order valence-electron chi connectivity index (χ0n) is 14.8. The molecule has 1 heterocycles. The molecule has 5 nitrogen and oxygen atoms in total. The molecule has 1 saturated heterocycles. The van der Waals surface area contributed by atoms with E-state index in [1.54, 1.807) is 4.90 Å². The van der Waals surface area contributed by atoms with Crippen molar-refractivity contribution in [2.24, 2.45) is 0 Å². The first kappa shape index (κ1) is 19.3. The maximum absolute atomic E-state index is 11.7. The second kappa shape index (κ2) is 7.91. The molecule has 1 N–H and O–H groups in total. The van der Waals surface area contributed by atoms with Gasteiger partial charge in [0.15, 0.2) is 0 Å². The summed E-state index contributed by atoms with van der Waals surface area (Å²) < 4.78 is 5.65. The van der Waals surface area contributed by atoms with E-state index in [0.29, 0.717) is 6.61 Å². The first-order valence-electron chi connectivity index (χ1n) is 8.36. The molecule has 2 atom stereocenters. The quantitative estimate of drug-likeness (QED) is 0.419. The molecule has 1 fully saturated rings. The number of rotatable bonds is 5. The van der Waals surface area contributed by atoms with Gasteiger partial charge in [0.2, 0.25) is 0 Å². The smallest absolute Gasteiger partial charge is 0.408 e. The van der Waals surface area contributed by atoms with Crippen molar-refractivity contribution >= 4 is 28.7 Å². The number of ether oxygens (including phenoxy) is 1. The Labute approximate surface area is 158 Å². The highest BCUT2D eigenvalue weighted by atomic mass is 127. The van der Waals surface area contributed by atoms with Crippen molar-refractivity contribution in [2.75, 3.05) is 13.2 Å². The second-order valence-corrected chi connectivity index (χ2v) is 8.38. The van der Waals surface area contributed by atoms with Crippen molar-refractivity contribution in [1.82, 2.24) is 9.80 Å². The Morgan fingerprint density at radius 1 is 1.38 bits per heavy atom. The number of halogens is 1. The molecule has 0 aromatic heterocycles. The molecular formula is C18H27IN2O3. The molecule has 0 aliphatic carbocycles. The van der Waals surface area contributed by atoms with Crippen LogP contribution in [0.3, 0.4) is 0 Å². The predicted molar refractivity (Wildman–Crippen MR) is 104 cm³/mol. The molecule has 1 aliphatic rings. The molecule has 0 spiro atoms. The maximum Gasteiger partial charge on any atom is 0.408 e. The fraction of sp³-hybridized carbons (Fsp3) is 0.611. The van der Waals surface area contributed by atoms with Gasteiger partial charge in [0.1, 0.15) is 5.75 Å². The molecule has 0 saturated carbocycles. The van der Waals surface area contributed by atoms with Gasteiger partial charge in [-0.25, -0.2) is 4.79 Å². The van der Waals surface area contributed by atoms with E-state index in [-0.39, 0.29) is 10.1 Å². The zero-order valence-corrected chi connectivity index (χ0v) is 17.0. The Morgan fingerprint density at radius 3 is 2.50 bits per heavy atom. The van der Waals surface area contributed by atoms with Crippen LogP contribution in [0.25, 0.3) is 0 Å². The molecule has 24 heavy (non-hydrogen) atoms. The number of likely N-dealkylation sites (tertiary alicyclic amines) is 1. The van der Waals surface area contributed by atoms with Gasteiger partial charge in [0.25, 0.3) is 0 Å². The van der Waals surface area contributed by atoms with Gasteiger partial charge in [-0.15, -0.1) is 0 Å². The van der Waals surface area contributed by atoms with Gasteiger partial charge >= 0.3 is 6.09 Å². The van der Waals surface area contributed by atoms with E-state index in [9.17, 15) is 9.90 Å². The van der Waals surface area contributed by atoms with Crippen LogP contribution in [0.1, 0.15) is 39.7 Å². The average molecular weight is 446 g/mol. The fourth-order valence-corrected chi connectivity index (χ4v) is 4.40. The summed E-state index contributed by atoms with van der Waals surface area (Å²) in [5, 5.41) is 9.63. The van der Waals surface area contributed by atoms with Crippen LogP contribution < -0.4 is 4.74 Å². The highest BCUT2D eigenvalue weighted by Gasteiger charge is 2.42. The van der Waals surface area contributed by atoms with E-state index in [1.807, 2.05) is 39.8 Å². The normalized spacial score (nSPS) is 21.7. The minimum atomic E-state index is -0.836. The average Bonchev–Trinajstić information content (AvgIpc) is 2.81. The molecule has 1 aromatic rings. The molecule has 134 valence electrons. The Morgan fingerprint density at radius 2 is 2.00 bits per heavy atom. The Hall–Kier alpha value is -1.02. The third-order valence-electron chi connectivity index (χ3n) is 4.26. The van der Waals surface area contributed by atoms with Crippen LogP contribution in [-0.4, -0.2) is 49.8 Å². The van der Waals surface area contributed by atoms with Crippen LogP contribution in [0.4, 0.5) is 4.79 Å². The molecule has 0 radical (unpaired) electrons. The summed E-state index contributed by atoms with van der Waals surface area (Å²) in [7, 11) is 0. The molecule has 1 aliphatic heterocycles. The third-order valence-corrected chi connectivity index (χ3v) is 5.88. The number of hydrogen-bond acceptors (Lipinski definition) is 3. The number of amides is 1. The molecule has 1 amide bonds. The Bertz CT molecular complexity index is 556. The summed E-state index contributed by atoms with van der Waals surface area (Å²) in [4.78, 5) is 15.7. The van der Waals surface area contributed by atoms with Gasteiger partial charge < -0.3 is 9.84 Å². The van der Waals surface area contributed by atoms with Gasteiger partial charge in [-0.3, -0.25) is 9.80 Å². The maximum atomic E-state index is 11.7. The van der Waals surface area contributed by atoms with E-state index >= 15 is 0 Å². The highest BCUT2D eigenvalue weighted by molar-refractivity contribution is 14.1. The van der Waals surface area contributed by atoms with Crippen molar-refractivity contribution in [1.29, 1.82) is 0 Å². The zero-order chi connectivity index (χ0) is 17.9. The number of hydrogen-bond donors (Lipinski definition) is 1. The summed E-state index contributed by atoms with van der Waals surface area (Å²) in [6.45, 7) is 10.3. The fourth-order valence-electron chi connectivity index (χ4n) is 3.24. The minimum absolute atomic E-state index is 0.0193. The van der Waals surface area contributed by atoms with Gasteiger partial charge in [-0.1, -0.05) is 34.7 Å². The summed E-state index contributed by atoms with van der Waals surface area (Å²) in [5.74, 6) is 0.886. The lowest BCUT2D eigenvalue weighted by Crippen LogP contribution is -2.54. The van der Waals surface area contributed by atoms with Crippen LogP contribution in [0.2, 0.25) is 0 Å². The van der Waals surface area contributed by atoms with Crippen LogP contribution in [0, 0.1) is 0 Å². The third kappa shape index (κ3) is 4.53. The topological polar surface area (TPSA) is 53.0 Å². The van der Waals surface area contributed by atoms with Gasteiger partial charge in [0, 0.05) is 18.6 Å². The van der Waals surface area contributed by atoms with Crippen molar-refractivity contribution in [2.45, 2.75) is 56.3 Å². The van der Waals surface area contributed by atoms with Crippen LogP contribution in [0.5, 0.6) is 5.75 Å². The molecule has 6 heteroatoms. The van der Waals surface area contributed by atoms with Crippen molar-refractivity contribution in [3.63, 3.8) is 0 Å². The number of benzene rings is 1. The Balaban J connectivity index is 2.05. The number of carbonyl (C=O) groups is 1. The molecule has 0 bridgehead atoms. The molecular weight excluding hydrogens is 419 g/mol. The van der Waals surface area contributed by atoms with Crippen molar-refractivity contribution < 1.29 is 14.6 Å². The first-order chi connectivity index (χ1) is 11.2. The molecule has 1 unspecified atom stereocenters. The standard InChI is InChI=1S/C18H27IN2O3/c1-5-24-14-8-6-13(7-9-14)12-20-11-10-15(16(20)19)21(17(22)23)18(2,3)4/h6-9,15-16H,5,10-12H2,1-4H3,(H,22,23)/t15-,16?/m1/s1. The van der Waals surface area contributed by atoms with E-state index in [1.165, 1.54) is 5.56 Å². The minimum Gasteiger partial charge on any atom is -0.494 e. The van der Waals surface area contributed by atoms with Gasteiger partial charge in [-0.05, 0) is 51.8 Å². The summed E-state index contributed by atoms with van der Waals surface area (Å²) in [6.07, 6.45) is 0.0332. The lowest BCUT2D eigenvalue weighted by Gasteiger charge is -2.40. The Kier molecular flexibility index (Phi) is 6.36. The van der Waals surface area contributed by atoms with E-state index in [0.717, 1.165) is 25.3 Å². The van der Waals surface area contributed by atoms with E-state index in [4.69, 9.17) is 4.74 Å². The van der Waals surface area contributed by atoms with E-state index < -0.39 is 11.6 Å². The molecule has 2 rings (SSSR count). The van der Waals surface area contributed by atoms with Gasteiger partial charge in [-0.2, -0.15) is 0 Å². The van der Waals surface area contributed by atoms with Gasteiger partial charge in [0.05, 0.1) is 16.7 Å². The summed E-state index contributed by atoms with van der Waals surface area (Å²) in [5.41, 5.74) is 0.827. The lowest BCUT2D eigenvalue weighted by molar-refractivity contribution is 0.0696. The molecule has 1 aromatic carbocycles. The highest BCUT2D eigenvalue weighted by Crippen LogP contribution is 2.33. The summed E-state index contributed by atoms with van der Waals surface area (Å²) in [6, 6.07) is 8.17. The summed E-state index contributed by atoms with van der Waals surface area (Å²) >= 11 is 2.39. The lowest BCUT2D eigenvalue weighted by atomic mass is 10.0. The SMILES string of the molecule is CCOc1ccc(CN2CC[C@@H](N(C(=O)O)C(C)(C)C)C2I)cc1. The largest absolute Gasteiger partial charge is 0.494 e. The van der Waals surface area contributed by atoms with Crippen LogP contribution in [0.15, 0.2) is 24.3 Å². The number of nitrogens with zero attached hydrogens (tertiary/aromatic N) is 2. The monoisotopic (exact) mass is 446 g/mol. The number of alkyl halides is 1. The van der Waals surface area contributed by atoms with Crippen molar-refractivity contribution in [3.05, 3.63) is 29.8 Å². The van der Waals surface area contributed by atoms with Crippen LogP contribution >= 0.6 is 22.6 Å². The van der Waals surface area contributed by atoms with Crippen LogP contribution in [-0.2, 0) is 6.54 Å². The number of carboxylic acid groups (broad SMARTS) is 1. The predicted octanol–water partition coefficient (Wildman–Crippen LogP) is 4.20. The second-order valence-electron chi connectivity index (χ2n) is 7.10. The van der Waals surface area contributed by atoms with E-state index in [2.05, 4.69) is 39.6 Å².